The Bertz CT molecular complexity index is 358. The van der Waals surface area contributed by atoms with Gasteiger partial charge in [-0.1, -0.05) is 44.5 Å². The van der Waals surface area contributed by atoms with Crippen molar-refractivity contribution in [1.82, 2.24) is 0 Å². The van der Waals surface area contributed by atoms with Gasteiger partial charge in [-0.15, -0.1) is 6.58 Å². The molecule has 2 atom stereocenters. The average molecular weight is 231 g/mol. The summed E-state index contributed by atoms with van der Waals surface area (Å²) in [7, 11) is 0. The third-order valence-electron chi connectivity index (χ3n) is 3.02. The molecule has 92 valence electrons. The lowest BCUT2D eigenvalue weighted by molar-refractivity contribution is -0.120. The predicted molar refractivity (Wildman–Crippen MR) is 72.8 cm³/mol. The zero-order chi connectivity index (χ0) is 12.7. The first kappa shape index (κ1) is 13.5. The van der Waals surface area contributed by atoms with E-state index in [0.717, 1.165) is 18.5 Å². The van der Waals surface area contributed by atoms with Gasteiger partial charge in [0.2, 0.25) is 5.91 Å². The fraction of sp³-hybridized carbons (Fsp3) is 0.400. The second kappa shape index (κ2) is 6.89. The zero-order valence-corrected chi connectivity index (χ0v) is 10.6. The molecule has 1 aromatic carbocycles. The Hall–Kier alpha value is -1.57. The van der Waals surface area contributed by atoms with E-state index in [1.807, 2.05) is 43.3 Å². The Labute approximate surface area is 104 Å². The third kappa shape index (κ3) is 4.06. The lowest BCUT2D eigenvalue weighted by atomic mass is 9.89. The molecule has 2 heteroatoms. The van der Waals surface area contributed by atoms with Crippen molar-refractivity contribution < 1.29 is 4.79 Å². The van der Waals surface area contributed by atoms with E-state index in [0.29, 0.717) is 0 Å². The maximum absolute atomic E-state index is 12.0. The molecule has 0 saturated carbocycles. The fourth-order valence-corrected chi connectivity index (χ4v) is 1.88. The predicted octanol–water partition coefficient (Wildman–Crippen LogP) is 3.86. The Kier molecular flexibility index (Phi) is 5.47. The van der Waals surface area contributed by atoms with E-state index in [1.165, 1.54) is 0 Å². The summed E-state index contributed by atoms with van der Waals surface area (Å²) in [4.78, 5) is 12.0. The topological polar surface area (TPSA) is 29.1 Å². The summed E-state index contributed by atoms with van der Waals surface area (Å²) in [5.74, 6) is 0.283. The maximum Gasteiger partial charge on any atom is 0.227 e. The Morgan fingerprint density at radius 1 is 1.41 bits per heavy atom. The molecule has 2 nitrogen and oxygen atoms in total. The molecule has 0 aliphatic carbocycles. The van der Waals surface area contributed by atoms with E-state index in [1.54, 1.807) is 0 Å². The van der Waals surface area contributed by atoms with Crippen molar-refractivity contribution in [3.8, 4) is 0 Å². The van der Waals surface area contributed by atoms with Gasteiger partial charge in [-0.25, -0.2) is 0 Å². The molecule has 0 aliphatic rings. The van der Waals surface area contributed by atoms with Gasteiger partial charge in [-0.05, 0) is 24.5 Å². The van der Waals surface area contributed by atoms with Crippen LogP contribution in [-0.2, 0) is 4.79 Å². The third-order valence-corrected chi connectivity index (χ3v) is 3.02. The Morgan fingerprint density at radius 2 is 2.06 bits per heavy atom. The van der Waals surface area contributed by atoms with Crippen LogP contribution in [0.15, 0.2) is 43.0 Å². The van der Waals surface area contributed by atoms with Gasteiger partial charge in [0.25, 0.3) is 0 Å². The molecule has 0 aromatic heterocycles. The lowest BCUT2D eigenvalue weighted by Gasteiger charge is -2.19. The number of nitrogens with one attached hydrogen (secondary N) is 1. The van der Waals surface area contributed by atoms with Gasteiger partial charge in [0.05, 0.1) is 0 Å². The molecule has 0 radical (unpaired) electrons. The van der Waals surface area contributed by atoms with Gasteiger partial charge in [0.1, 0.15) is 0 Å². The van der Waals surface area contributed by atoms with E-state index < -0.39 is 0 Å². The van der Waals surface area contributed by atoms with Crippen molar-refractivity contribution >= 4 is 11.6 Å². The molecular formula is C15H21NO. The molecule has 0 heterocycles. The van der Waals surface area contributed by atoms with Crippen LogP contribution in [0.3, 0.4) is 0 Å². The summed E-state index contributed by atoms with van der Waals surface area (Å²) in [5.41, 5.74) is 0.851. The van der Waals surface area contributed by atoms with Crippen LogP contribution >= 0.6 is 0 Å². The number of amides is 1. The van der Waals surface area contributed by atoms with Crippen LogP contribution in [0.25, 0.3) is 0 Å². The fourth-order valence-electron chi connectivity index (χ4n) is 1.88. The SMILES string of the molecule is C=C[C@H](CCC)[C@@H](C)C(=O)Nc1ccccc1. The summed E-state index contributed by atoms with van der Waals surface area (Å²) in [5, 5.41) is 2.93. The highest BCUT2D eigenvalue weighted by molar-refractivity contribution is 5.92. The van der Waals surface area contributed by atoms with Gasteiger partial charge in [0, 0.05) is 11.6 Å². The van der Waals surface area contributed by atoms with Gasteiger partial charge >= 0.3 is 0 Å². The van der Waals surface area contributed by atoms with Crippen LogP contribution in [0.1, 0.15) is 26.7 Å². The number of carbonyl (C=O) groups is 1. The van der Waals surface area contributed by atoms with E-state index in [2.05, 4.69) is 18.8 Å². The number of carbonyl (C=O) groups excluding carboxylic acids is 1. The van der Waals surface area contributed by atoms with E-state index in [4.69, 9.17) is 0 Å². The normalized spacial score (nSPS) is 13.8. The van der Waals surface area contributed by atoms with E-state index in [9.17, 15) is 4.79 Å². The number of allylic oxidation sites excluding steroid dienone is 1. The first-order valence-corrected chi connectivity index (χ1v) is 6.17. The van der Waals surface area contributed by atoms with Crippen molar-refractivity contribution in [3.63, 3.8) is 0 Å². The second-order valence-corrected chi connectivity index (χ2v) is 4.33. The summed E-state index contributed by atoms with van der Waals surface area (Å²) in [6.07, 6.45) is 3.96. The number of rotatable bonds is 6. The zero-order valence-electron chi connectivity index (χ0n) is 10.6. The molecule has 1 rings (SSSR count). The van der Waals surface area contributed by atoms with Gasteiger partial charge in [-0.3, -0.25) is 4.79 Å². The summed E-state index contributed by atoms with van der Waals surface area (Å²) in [6.45, 7) is 7.89. The quantitative estimate of drug-likeness (QED) is 0.740. The van der Waals surface area contributed by atoms with Crippen LogP contribution < -0.4 is 5.32 Å². The molecule has 17 heavy (non-hydrogen) atoms. The molecule has 1 amide bonds. The van der Waals surface area contributed by atoms with Crippen LogP contribution in [0, 0.1) is 11.8 Å². The first-order chi connectivity index (χ1) is 8.19. The first-order valence-electron chi connectivity index (χ1n) is 6.17. The monoisotopic (exact) mass is 231 g/mol. The van der Waals surface area contributed by atoms with Gasteiger partial charge in [0.15, 0.2) is 0 Å². The standard InChI is InChI=1S/C15H21NO/c1-4-9-13(5-2)12(3)15(17)16-14-10-7-6-8-11-14/h5-8,10-13H,2,4,9H2,1,3H3,(H,16,17)/t12-,13-/m1/s1. The summed E-state index contributed by atoms with van der Waals surface area (Å²) in [6, 6.07) is 9.55. The molecular weight excluding hydrogens is 210 g/mol. The average Bonchev–Trinajstić information content (AvgIpc) is 2.36. The number of hydrogen-bond donors (Lipinski definition) is 1. The molecule has 1 N–H and O–H groups in total. The van der Waals surface area contributed by atoms with Crippen LogP contribution in [0.4, 0.5) is 5.69 Å². The van der Waals surface area contributed by atoms with E-state index in [-0.39, 0.29) is 17.7 Å². The number of para-hydroxylation sites is 1. The highest BCUT2D eigenvalue weighted by Gasteiger charge is 2.20. The minimum Gasteiger partial charge on any atom is -0.326 e. The highest BCUT2D eigenvalue weighted by Crippen LogP contribution is 2.20. The molecule has 0 bridgehead atoms. The lowest BCUT2D eigenvalue weighted by Crippen LogP contribution is -2.26. The van der Waals surface area contributed by atoms with Crippen LogP contribution in [-0.4, -0.2) is 5.91 Å². The largest absolute Gasteiger partial charge is 0.326 e. The van der Waals surface area contributed by atoms with Crippen molar-refractivity contribution in [2.45, 2.75) is 26.7 Å². The number of benzene rings is 1. The van der Waals surface area contributed by atoms with Crippen molar-refractivity contribution in [2.24, 2.45) is 11.8 Å². The Morgan fingerprint density at radius 3 is 2.59 bits per heavy atom. The highest BCUT2D eigenvalue weighted by atomic mass is 16.1. The summed E-state index contributed by atoms with van der Waals surface area (Å²) >= 11 is 0. The number of anilines is 1. The molecule has 0 spiro atoms. The van der Waals surface area contributed by atoms with Crippen LogP contribution in [0.5, 0.6) is 0 Å². The smallest absolute Gasteiger partial charge is 0.227 e. The molecule has 1 aromatic rings. The van der Waals surface area contributed by atoms with Crippen molar-refractivity contribution in [3.05, 3.63) is 43.0 Å². The van der Waals surface area contributed by atoms with E-state index >= 15 is 0 Å². The molecule has 0 aliphatic heterocycles. The maximum atomic E-state index is 12.0. The van der Waals surface area contributed by atoms with Crippen molar-refractivity contribution in [1.29, 1.82) is 0 Å². The van der Waals surface area contributed by atoms with Gasteiger partial charge < -0.3 is 5.32 Å². The van der Waals surface area contributed by atoms with Gasteiger partial charge in [-0.2, -0.15) is 0 Å². The van der Waals surface area contributed by atoms with Crippen LogP contribution in [0.2, 0.25) is 0 Å². The second-order valence-electron chi connectivity index (χ2n) is 4.33. The minimum absolute atomic E-state index is 0.0346. The Balaban J connectivity index is 2.60. The molecule has 0 unspecified atom stereocenters. The summed E-state index contributed by atoms with van der Waals surface area (Å²) < 4.78 is 0. The number of hydrogen-bond acceptors (Lipinski definition) is 1. The minimum atomic E-state index is -0.0346. The molecule has 0 saturated heterocycles. The van der Waals surface area contributed by atoms with Crippen molar-refractivity contribution in [2.75, 3.05) is 5.32 Å². The molecule has 0 fully saturated rings.